The Morgan fingerprint density at radius 2 is 1.59 bits per heavy atom. The molecule has 102 valence electrons. The molecule has 0 atom stereocenters. The molecule has 0 aliphatic heterocycles. The summed E-state index contributed by atoms with van der Waals surface area (Å²) in [7, 11) is 0. The van der Waals surface area contributed by atoms with Crippen molar-refractivity contribution in [3.63, 3.8) is 0 Å². The van der Waals surface area contributed by atoms with E-state index in [2.05, 4.69) is 51.8 Å². The fraction of sp³-hybridized carbons (Fsp3) is 0.929. The first-order valence-corrected chi connectivity index (χ1v) is 6.87. The molecule has 0 fully saturated rings. The first kappa shape index (κ1) is 16.4. The lowest BCUT2D eigenvalue weighted by Crippen LogP contribution is -2.42. The zero-order valence-electron chi connectivity index (χ0n) is 12.4. The highest BCUT2D eigenvalue weighted by Gasteiger charge is 2.12. The molecular weight excluding hydrogens is 212 g/mol. The molecule has 0 rings (SSSR count). The van der Waals surface area contributed by atoms with Crippen molar-refractivity contribution in [2.75, 3.05) is 13.1 Å². The second-order valence-corrected chi connectivity index (χ2v) is 5.71. The van der Waals surface area contributed by atoms with Crippen LogP contribution in [-0.2, 0) is 4.79 Å². The second kappa shape index (κ2) is 8.51. The van der Waals surface area contributed by atoms with E-state index in [0.717, 1.165) is 19.5 Å². The van der Waals surface area contributed by atoms with Gasteiger partial charge in [-0.2, -0.15) is 0 Å². The van der Waals surface area contributed by atoms with E-state index < -0.39 is 0 Å². The van der Waals surface area contributed by atoms with E-state index in [0.29, 0.717) is 24.4 Å². The Kier molecular flexibility index (Phi) is 8.23. The Bertz CT molecular complexity index is 204. The summed E-state index contributed by atoms with van der Waals surface area (Å²) in [6, 6.07) is 1.06. The summed E-state index contributed by atoms with van der Waals surface area (Å²) >= 11 is 0. The smallest absolute Gasteiger partial charge is 0.220 e. The molecule has 0 aromatic carbocycles. The zero-order chi connectivity index (χ0) is 13.4. The molecule has 0 aromatic heterocycles. The molecule has 0 aliphatic carbocycles. The summed E-state index contributed by atoms with van der Waals surface area (Å²) in [6.45, 7) is 14.8. The van der Waals surface area contributed by atoms with E-state index in [1.807, 2.05) is 0 Å². The van der Waals surface area contributed by atoms with E-state index in [1.165, 1.54) is 0 Å². The maximum Gasteiger partial charge on any atom is 0.220 e. The maximum atomic E-state index is 11.5. The van der Waals surface area contributed by atoms with Gasteiger partial charge in [0.15, 0.2) is 0 Å². The van der Waals surface area contributed by atoms with Crippen LogP contribution in [0, 0.1) is 5.92 Å². The van der Waals surface area contributed by atoms with E-state index in [-0.39, 0.29) is 5.91 Å². The minimum Gasteiger partial charge on any atom is -0.355 e. The van der Waals surface area contributed by atoms with E-state index >= 15 is 0 Å². The van der Waals surface area contributed by atoms with Crippen LogP contribution in [-0.4, -0.2) is 36.0 Å². The Balaban J connectivity index is 3.77. The monoisotopic (exact) mass is 242 g/mol. The van der Waals surface area contributed by atoms with Crippen molar-refractivity contribution in [2.24, 2.45) is 5.92 Å². The van der Waals surface area contributed by atoms with Crippen molar-refractivity contribution in [3.05, 3.63) is 0 Å². The van der Waals surface area contributed by atoms with Gasteiger partial charge in [0.25, 0.3) is 0 Å². The average Bonchev–Trinajstić information content (AvgIpc) is 2.20. The fourth-order valence-electron chi connectivity index (χ4n) is 1.95. The van der Waals surface area contributed by atoms with Crippen LogP contribution in [0.3, 0.4) is 0 Å². The molecule has 0 saturated heterocycles. The molecule has 0 saturated carbocycles. The van der Waals surface area contributed by atoms with Gasteiger partial charge in [-0.15, -0.1) is 0 Å². The van der Waals surface area contributed by atoms with Crippen LogP contribution >= 0.6 is 0 Å². The average molecular weight is 242 g/mol. The van der Waals surface area contributed by atoms with Crippen molar-refractivity contribution in [1.82, 2.24) is 10.2 Å². The van der Waals surface area contributed by atoms with Crippen molar-refractivity contribution in [1.29, 1.82) is 0 Å². The molecule has 0 heterocycles. The van der Waals surface area contributed by atoms with Crippen LogP contribution in [0.2, 0.25) is 0 Å². The summed E-state index contributed by atoms with van der Waals surface area (Å²) in [5.41, 5.74) is 0. The second-order valence-electron chi connectivity index (χ2n) is 5.71. The molecule has 0 radical (unpaired) electrons. The number of carbonyl (C=O) groups excluding carboxylic acids is 1. The quantitative estimate of drug-likeness (QED) is 0.709. The molecular formula is C14H30N2O. The standard InChI is InChI=1S/C14H30N2O/c1-11(2)7-8-14(17)15-9-10-16(12(3)4)13(5)6/h11-13H,7-10H2,1-6H3,(H,15,17). The minimum atomic E-state index is 0.186. The third-order valence-electron chi connectivity index (χ3n) is 2.97. The number of rotatable bonds is 8. The largest absolute Gasteiger partial charge is 0.355 e. The lowest BCUT2D eigenvalue weighted by atomic mass is 10.1. The van der Waals surface area contributed by atoms with Crippen molar-refractivity contribution >= 4 is 5.91 Å². The summed E-state index contributed by atoms with van der Waals surface area (Å²) < 4.78 is 0. The van der Waals surface area contributed by atoms with Gasteiger partial charge in [0.05, 0.1) is 0 Å². The third kappa shape index (κ3) is 8.19. The van der Waals surface area contributed by atoms with Crippen molar-refractivity contribution in [2.45, 2.75) is 66.5 Å². The lowest BCUT2D eigenvalue weighted by Gasteiger charge is -2.30. The number of amides is 1. The van der Waals surface area contributed by atoms with E-state index in [4.69, 9.17) is 0 Å². The molecule has 0 bridgehead atoms. The van der Waals surface area contributed by atoms with Gasteiger partial charge in [0.1, 0.15) is 0 Å². The molecule has 1 amide bonds. The molecule has 17 heavy (non-hydrogen) atoms. The Morgan fingerprint density at radius 1 is 1.06 bits per heavy atom. The minimum absolute atomic E-state index is 0.186. The number of nitrogens with zero attached hydrogens (tertiary/aromatic N) is 1. The summed E-state index contributed by atoms with van der Waals surface area (Å²) in [5.74, 6) is 0.787. The van der Waals surface area contributed by atoms with Crippen LogP contribution in [0.5, 0.6) is 0 Å². The topological polar surface area (TPSA) is 32.3 Å². The van der Waals surface area contributed by atoms with Gasteiger partial charge in [0.2, 0.25) is 5.91 Å². The van der Waals surface area contributed by atoms with Gasteiger partial charge in [-0.1, -0.05) is 13.8 Å². The maximum absolute atomic E-state index is 11.5. The third-order valence-corrected chi connectivity index (χ3v) is 2.97. The van der Waals surface area contributed by atoms with Gasteiger partial charge in [-0.3, -0.25) is 9.69 Å². The predicted molar refractivity (Wildman–Crippen MR) is 74.1 cm³/mol. The van der Waals surface area contributed by atoms with Crippen LogP contribution in [0.25, 0.3) is 0 Å². The molecule has 0 unspecified atom stereocenters. The fourth-order valence-corrected chi connectivity index (χ4v) is 1.95. The van der Waals surface area contributed by atoms with Gasteiger partial charge in [-0.25, -0.2) is 0 Å². The number of hydrogen-bond donors (Lipinski definition) is 1. The normalized spacial score (nSPS) is 11.9. The molecule has 0 aliphatic rings. The number of hydrogen-bond acceptors (Lipinski definition) is 2. The first-order chi connectivity index (χ1) is 7.84. The SMILES string of the molecule is CC(C)CCC(=O)NCCN(C(C)C)C(C)C. The van der Waals surface area contributed by atoms with E-state index in [9.17, 15) is 4.79 Å². The summed E-state index contributed by atoms with van der Waals surface area (Å²) in [5, 5.41) is 3.00. The van der Waals surface area contributed by atoms with Crippen LogP contribution in [0.1, 0.15) is 54.4 Å². The lowest BCUT2D eigenvalue weighted by molar-refractivity contribution is -0.121. The van der Waals surface area contributed by atoms with Crippen LogP contribution in [0.4, 0.5) is 0 Å². The van der Waals surface area contributed by atoms with Gasteiger partial charge < -0.3 is 5.32 Å². The number of nitrogens with one attached hydrogen (secondary N) is 1. The molecule has 3 heteroatoms. The Hall–Kier alpha value is -0.570. The summed E-state index contributed by atoms with van der Waals surface area (Å²) in [6.07, 6.45) is 1.63. The first-order valence-electron chi connectivity index (χ1n) is 6.87. The van der Waals surface area contributed by atoms with Crippen molar-refractivity contribution in [3.8, 4) is 0 Å². The summed E-state index contributed by atoms with van der Waals surface area (Å²) in [4.78, 5) is 13.9. The Labute approximate surface area is 107 Å². The van der Waals surface area contributed by atoms with Gasteiger partial charge in [-0.05, 0) is 40.0 Å². The Morgan fingerprint density at radius 3 is 2.00 bits per heavy atom. The van der Waals surface area contributed by atoms with E-state index in [1.54, 1.807) is 0 Å². The van der Waals surface area contributed by atoms with Gasteiger partial charge >= 0.3 is 0 Å². The van der Waals surface area contributed by atoms with Crippen LogP contribution < -0.4 is 5.32 Å². The highest BCUT2D eigenvalue weighted by atomic mass is 16.1. The molecule has 1 N–H and O–H groups in total. The predicted octanol–water partition coefficient (Wildman–Crippen LogP) is 2.66. The van der Waals surface area contributed by atoms with Crippen molar-refractivity contribution < 1.29 is 4.79 Å². The molecule has 0 spiro atoms. The molecule has 0 aromatic rings. The zero-order valence-corrected chi connectivity index (χ0v) is 12.4. The highest BCUT2D eigenvalue weighted by Crippen LogP contribution is 2.04. The highest BCUT2D eigenvalue weighted by molar-refractivity contribution is 5.75. The molecule has 3 nitrogen and oxygen atoms in total. The number of carbonyl (C=O) groups is 1. The van der Waals surface area contributed by atoms with Crippen LogP contribution in [0.15, 0.2) is 0 Å². The van der Waals surface area contributed by atoms with Gasteiger partial charge in [0, 0.05) is 31.6 Å².